The van der Waals surface area contributed by atoms with Crippen LogP contribution in [0.3, 0.4) is 0 Å². The summed E-state index contributed by atoms with van der Waals surface area (Å²) in [5.74, 6) is -0.102. The summed E-state index contributed by atoms with van der Waals surface area (Å²) in [7, 11) is 0. The van der Waals surface area contributed by atoms with Gasteiger partial charge in [0, 0.05) is 13.0 Å². The van der Waals surface area contributed by atoms with Crippen molar-refractivity contribution in [3.8, 4) is 5.75 Å². The molecule has 5 heteroatoms. The van der Waals surface area contributed by atoms with Crippen molar-refractivity contribution >= 4 is 11.9 Å². The van der Waals surface area contributed by atoms with Crippen LogP contribution < -0.4 is 4.74 Å². The van der Waals surface area contributed by atoms with Gasteiger partial charge in [0.25, 0.3) is 0 Å². The molecule has 1 aliphatic heterocycles. The topological polar surface area (TPSA) is 66.8 Å². The fourth-order valence-electron chi connectivity index (χ4n) is 2.67. The van der Waals surface area contributed by atoms with E-state index in [-0.39, 0.29) is 17.5 Å². The van der Waals surface area contributed by atoms with E-state index in [0.717, 1.165) is 24.9 Å². The number of aromatic carboxylic acids is 1. The smallest absolute Gasteiger partial charge is 0.335 e. The Morgan fingerprint density at radius 3 is 2.81 bits per heavy atom. The molecule has 5 nitrogen and oxygen atoms in total. The molecule has 1 heterocycles. The Morgan fingerprint density at radius 2 is 2.19 bits per heavy atom. The Hall–Kier alpha value is -2.04. The number of amides is 1. The summed E-state index contributed by atoms with van der Waals surface area (Å²) in [6.45, 7) is 4.95. The van der Waals surface area contributed by atoms with Gasteiger partial charge in [-0.2, -0.15) is 0 Å². The minimum Gasteiger partial charge on any atom is -0.491 e. The average molecular weight is 291 g/mol. The molecule has 1 aliphatic rings. The summed E-state index contributed by atoms with van der Waals surface area (Å²) >= 11 is 0. The number of carboxylic acids is 1. The normalized spacial score (nSPS) is 17.8. The molecule has 0 radical (unpaired) electrons. The maximum absolute atomic E-state index is 11.8. The fraction of sp³-hybridized carbons (Fsp3) is 0.500. The fourth-order valence-corrected chi connectivity index (χ4v) is 2.67. The number of benzene rings is 1. The Balaban J connectivity index is 1.99. The number of hydrogen-bond acceptors (Lipinski definition) is 3. The van der Waals surface area contributed by atoms with E-state index >= 15 is 0 Å². The third-order valence-electron chi connectivity index (χ3n) is 3.85. The van der Waals surface area contributed by atoms with Crippen molar-refractivity contribution in [2.24, 2.45) is 0 Å². The van der Waals surface area contributed by atoms with Gasteiger partial charge in [-0.25, -0.2) is 4.79 Å². The molecule has 1 aromatic rings. The Morgan fingerprint density at radius 1 is 1.43 bits per heavy atom. The van der Waals surface area contributed by atoms with Crippen molar-refractivity contribution in [3.63, 3.8) is 0 Å². The summed E-state index contributed by atoms with van der Waals surface area (Å²) in [5, 5.41) is 8.94. The molecule has 2 rings (SSSR count). The average Bonchev–Trinajstić information content (AvgIpc) is 2.93. The van der Waals surface area contributed by atoms with Crippen LogP contribution in [-0.4, -0.2) is 41.1 Å². The van der Waals surface area contributed by atoms with Crippen LogP contribution in [0.15, 0.2) is 18.2 Å². The molecule has 0 spiro atoms. The molecule has 0 unspecified atom stereocenters. The lowest BCUT2D eigenvalue weighted by molar-refractivity contribution is -0.132. The quantitative estimate of drug-likeness (QED) is 0.905. The lowest BCUT2D eigenvalue weighted by Crippen LogP contribution is -2.38. The highest BCUT2D eigenvalue weighted by Crippen LogP contribution is 2.23. The highest BCUT2D eigenvalue weighted by molar-refractivity contribution is 5.88. The van der Waals surface area contributed by atoms with Gasteiger partial charge in [-0.1, -0.05) is 6.92 Å². The van der Waals surface area contributed by atoms with E-state index < -0.39 is 5.97 Å². The predicted molar refractivity (Wildman–Crippen MR) is 78.7 cm³/mol. The van der Waals surface area contributed by atoms with Crippen LogP contribution in [0.4, 0.5) is 0 Å². The van der Waals surface area contributed by atoms with Crippen LogP contribution >= 0.6 is 0 Å². The van der Waals surface area contributed by atoms with E-state index in [0.29, 0.717) is 18.8 Å². The first-order valence-corrected chi connectivity index (χ1v) is 7.29. The van der Waals surface area contributed by atoms with Gasteiger partial charge in [-0.15, -0.1) is 0 Å². The summed E-state index contributed by atoms with van der Waals surface area (Å²) in [6, 6.07) is 4.94. The molecule has 1 N–H and O–H groups in total. The van der Waals surface area contributed by atoms with Crippen molar-refractivity contribution in [3.05, 3.63) is 29.3 Å². The molecular formula is C16H21NO4. The number of hydrogen-bond donors (Lipinski definition) is 1. The van der Waals surface area contributed by atoms with Crippen molar-refractivity contribution in [1.29, 1.82) is 0 Å². The van der Waals surface area contributed by atoms with Gasteiger partial charge in [-0.05, 0) is 43.5 Å². The number of carbonyl (C=O) groups excluding carboxylic acids is 1. The number of ether oxygens (including phenoxy) is 1. The minimum absolute atomic E-state index is 0.121. The van der Waals surface area contributed by atoms with Crippen LogP contribution in [0.2, 0.25) is 0 Å². The second-order valence-electron chi connectivity index (χ2n) is 5.33. The zero-order valence-electron chi connectivity index (χ0n) is 12.5. The third kappa shape index (κ3) is 3.54. The molecule has 0 aliphatic carbocycles. The van der Waals surface area contributed by atoms with E-state index in [1.54, 1.807) is 12.1 Å². The van der Waals surface area contributed by atoms with Crippen LogP contribution in [0.5, 0.6) is 5.75 Å². The van der Waals surface area contributed by atoms with Crippen LogP contribution in [0.1, 0.15) is 42.1 Å². The van der Waals surface area contributed by atoms with Gasteiger partial charge < -0.3 is 14.7 Å². The van der Waals surface area contributed by atoms with Crippen molar-refractivity contribution in [2.75, 3.05) is 13.2 Å². The van der Waals surface area contributed by atoms with Crippen LogP contribution in [-0.2, 0) is 4.79 Å². The molecule has 1 fully saturated rings. The number of nitrogens with zero attached hydrogens (tertiary/aromatic N) is 1. The van der Waals surface area contributed by atoms with Crippen molar-refractivity contribution < 1.29 is 19.4 Å². The minimum atomic E-state index is -0.944. The highest BCUT2D eigenvalue weighted by Gasteiger charge is 2.28. The molecule has 1 aromatic carbocycles. The van der Waals surface area contributed by atoms with Crippen LogP contribution in [0.25, 0.3) is 0 Å². The summed E-state index contributed by atoms with van der Waals surface area (Å²) < 4.78 is 5.79. The van der Waals surface area contributed by atoms with Gasteiger partial charge in [0.05, 0.1) is 11.6 Å². The molecule has 114 valence electrons. The number of likely N-dealkylation sites (tertiary alicyclic amines) is 1. The maximum atomic E-state index is 11.8. The van der Waals surface area contributed by atoms with E-state index in [9.17, 15) is 9.59 Å². The maximum Gasteiger partial charge on any atom is 0.335 e. The monoisotopic (exact) mass is 291 g/mol. The molecule has 0 saturated carbocycles. The third-order valence-corrected chi connectivity index (χ3v) is 3.85. The van der Waals surface area contributed by atoms with E-state index in [1.807, 2.05) is 18.7 Å². The Kier molecular flexibility index (Phi) is 4.83. The summed E-state index contributed by atoms with van der Waals surface area (Å²) in [5.41, 5.74) is 1.05. The van der Waals surface area contributed by atoms with E-state index in [2.05, 4.69) is 0 Å². The second-order valence-corrected chi connectivity index (χ2v) is 5.33. The molecule has 1 amide bonds. The number of carbonyl (C=O) groups is 2. The number of carboxylic acid groups (broad SMARTS) is 1. The number of rotatable bonds is 5. The zero-order valence-corrected chi connectivity index (χ0v) is 12.5. The van der Waals surface area contributed by atoms with Gasteiger partial charge in [0.1, 0.15) is 12.4 Å². The van der Waals surface area contributed by atoms with Gasteiger partial charge in [0.2, 0.25) is 5.91 Å². The molecule has 1 atom stereocenters. The standard InChI is InChI=1S/C16H21NO4/c1-3-15(18)17-8-4-5-13(17)10-21-14-7-6-12(16(19)20)9-11(14)2/h6-7,9,13H,3-5,8,10H2,1-2H3,(H,19,20)/t13-/m0/s1. The van der Waals surface area contributed by atoms with Gasteiger partial charge in [-0.3, -0.25) is 4.79 Å². The molecule has 0 aromatic heterocycles. The highest BCUT2D eigenvalue weighted by atomic mass is 16.5. The first kappa shape index (κ1) is 15.4. The largest absolute Gasteiger partial charge is 0.491 e. The first-order valence-electron chi connectivity index (χ1n) is 7.29. The predicted octanol–water partition coefficient (Wildman–Crippen LogP) is 2.47. The molecule has 21 heavy (non-hydrogen) atoms. The summed E-state index contributed by atoms with van der Waals surface area (Å²) in [6.07, 6.45) is 2.48. The molecule has 0 bridgehead atoms. The Labute approximate surface area is 124 Å². The lowest BCUT2D eigenvalue weighted by atomic mass is 10.1. The van der Waals surface area contributed by atoms with Gasteiger partial charge in [0.15, 0.2) is 0 Å². The molecular weight excluding hydrogens is 270 g/mol. The zero-order chi connectivity index (χ0) is 15.4. The van der Waals surface area contributed by atoms with E-state index in [1.165, 1.54) is 6.07 Å². The lowest BCUT2D eigenvalue weighted by Gasteiger charge is -2.24. The Bertz CT molecular complexity index is 541. The number of aryl methyl sites for hydroxylation is 1. The van der Waals surface area contributed by atoms with Crippen molar-refractivity contribution in [2.45, 2.75) is 39.2 Å². The van der Waals surface area contributed by atoms with Gasteiger partial charge >= 0.3 is 5.97 Å². The summed E-state index contributed by atoms with van der Waals surface area (Å²) in [4.78, 5) is 24.6. The van der Waals surface area contributed by atoms with E-state index in [4.69, 9.17) is 9.84 Å². The second kappa shape index (κ2) is 6.61. The SMILES string of the molecule is CCC(=O)N1CCC[C@H]1COc1ccc(C(=O)O)cc1C. The van der Waals surface area contributed by atoms with Crippen molar-refractivity contribution in [1.82, 2.24) is 4.90 Å². The van der Waals surface area contributed by atoms with Crippen LogP contribution in [0, 0.1) is 6.92 Å². The molecule has 1 saturated heterocycles. The first-order chi connectivity index (χ1) is 10.0.